The number of hydrogen-bond acceptors (Lipinski definition) is 3. The van der Waals surface area contributed by atoms with Gasteiger partial charge in [-0.25, -0.2) is 13.6 Å². The Kier molecular flexibility index (Phi) is 5.21. The summed E-state index contributed by atoms with van der Waals surface area (Å²) in [6.07, 6.45) is 2.34. The van der Waals surface area contributed by atoms with Crippen LogP contribution in [-0.2, 0) is 10.0 Å². The third kappa shape index (κ3) is 4.81. The minimum Gasteiger partial charge on any atom is -0.300 e. The third-order valence-corrected chi connectivity index (χ3v) is 3.11. The number of rotatable bonds is 3. The maximum atomic E-state index is 10.6. The van der Waals surface area contributed by atoms with Gasteiger partial charge in [0, 0.05) is 12.6 Å². The first-order valence-electron chi connectivity index (χ1n) is 4.23. The Morgan fingerprint density at radius 3 is 2.54 bits per heavy atom. The van der Waals surface area contributed by atoms with Crippen LogP contribution in [0.1, 0.15) is 19.8 Å². The van der Waals surface area contributed by atoms with E-state index in [9.17, 15) is 8.42 Å². The fraction of sp³-hybridized carbons (Fsp3) is 1.00. The topological polar surface area (TPSA) is 63.4 Å². The SMILES string of the molecule is CC1CCCN1CCS(N)(=O)=O.Cl. The molecule has 1 atom stereocenters. The van der Waals surface area contributed by atoms with Crippen molar-refractivity contribution in [2.24, 2.45) is 5.14 Å². The number of nitrogens with zero attached hydrogens (tertiary/aromatic N) is 1. The number of likely N-dealkylation sites (tertiary alicyclic amines) is 1. The monoisotopic (exact) mass is 228 g/mol. The summed E-state index contributed by atoms with van der Waals surface area (Å²) in [5.41, 5.74) is 0. The molecule has 0 saturated carbocycles. The van der Waals surface area contributed by atoms with Crippen LogP contribution in [0.3, 0.4) is 0 Å². The molecule has 4 nitrogen and oxygen atoms in total. The third-order valence-electron chi connectivity index (χ3n) is 2.35. The van der Waals surface area contributed by atoms with Crippen molar-refractivity contribution in [2.75, 3.05) is 18.8 Å². The first-order chi connectivity index (χ1) is 5.49. The second-order valence-corrected chi connectivity index (χ2v) is 5.13. The summed E-state index contributed by atoms with van der Waals surface area (Å²) in [7, 11) is -3.28. The Labute approximate surface area is 85.9 Å². The molecule has 1 fully saturated rings. The molecule has 6 heteroatoms. The van der Waals surface area contributed by atoms with Crippen molar-refractivity contribution in [2.45, 2.75) is 25.8 Å². The lowest BCUT2D eigenvalue weighted by Gasteiger charge is -2.19. The van der Waals surface area contributed by atoms with Gasteiger partial charge in [-0.2, -0.15) is 0 Å². The van der Waals surface area contributed by atoms with Crippen molar-refractivity contribution in [1.29, 1.82) is 0 Å². The molecule has 0 aromatic heterocycles. The Hall–Kier alpha value is 0.160. The molecule has 1 aliphatic rings. The molecule has 2 N–H and O–H groups in total. The van der Waals surface area contributed by atoms with Crippen LogP contribution >= 0.6 is 12.4 Å². The van der Waals surface area contributed by atoms with Gasteiger partial charge >= 0.3 is 0 Å². The quantitative estimate of drug-likeness (QED) is 0.750. The van der Waals surface area contributed by atoms with E-state index >= 15 is 0 Å². The number of halogens is 1. The van der Waals surface area contributed by atoms with Gasteiger partial charge in [-0.15, -0.1) is 12.4 Å². The Balaban J connectivity index is 0.00000144. The summed E-state index contributed by atoms with van der Waals surface area (Å²) in [6.45, 7) is 3.72. The maximum absolute atomic E-state index is 10.6. The summed E-state index contributed by atoms with van der Waals surface area (Å²) in [6, 6.07) is 0.520. The van der Waals surface area contributed by atoms with Gasteiger partial charge in [0.1, 0.15) is 0 Å². The van der Waals surface area contributed by atoms with Crippen molar-refractivity contribution in [3.05, 3.63) is 0 Å². The highest BCUT2D eigenvalue weighted by Gasteiger charge is 2.20. The zero-order valence-electron chi connectivity index (χ0n) is 7.77. The van der Waals surface area contributed by atoms with Crippen molar-refractivity contribution >= 4 is 22.4 Å². The first kappa shape index (κ1) is 13.2. The molecule has 1 heterocycles. The second kappa shape index (κ2) is 5.14. The molecule has 80 valence electrons. The van der Waals surface area contributed by atoms with E-state index in [2.05, 4.69) is 11.8 Å². The van der Waals surface area contributed by atoms with Crippen LogP contribution < -0.4 is 5.14 Å². The molecule has 0 spiro atoms. The lowest BCUT2D eigenvalue weighted by atomic mass is 10.2. The molecular weight excluding hydrogens is 212 g/mol. The van der Waals surface area contributed by atoms with Gasteiger partial charge < -0.3 is 0 Å². The highest BCUT2D eigenvalue weighted by molar-refractivity contribution is 7.89. The van der Waals surface area contributed by atoms with Gasteiger partial charge in [0.05, 0.1) is 5.75 Å². The van der Waals surface area contributed by atoms with E-state index < -0.39 is 10.0 Å². The predicted molar refractivity (Wildman–Crippen MR) is 55.5 cm³/mol. The van der Waals surface area contributed by atoms with E-state index in [0.29, 0.717) is 12.6 Å². The average molecular weight is 229 g/mol. The molecule has 0 radical (unpaired) electrons. The molecule has 1 rings (SSSR count). The molecule has 1 aliphatic heterocycles. The van der Waals surface area contributed by atoms with Gasteiger partial charge in [-0.3, -0.25) is 4.90 Å². The van der Waals surface area contributed by atoms with Crippen LogP contribution in [0, 0.1) is 0 Å². The van der Waals surface area contributed by atoms with E-state index in [1.54, 1.807) is 0 Å². The summed E-state index contributed by atoms with van der Waals surface area (Å²) in [5, 5.41) is 4.90. The van der Waals surface area contributed by atoms with Gasteiger partial charge in [0.15, 0.2) is 0 Å². The van der Waals surface area contributed by atoms with E-state index in [1.807, 2.05) is 0 Å². The van der Waals surface area contributed by atoms with Gasteiger partial charge in [0.2, 0.25) is 10.0 Å². The minimum absolute atomic E-state index is 0. The van der Waals surface area contributed by atoms with Crippen LogP contribution in [0.5, 0.6) is 0 Å². The molecule has 1 saturated heterocycles. The number of sulfonamides is 1. The van der Waals surface area contributed by atoms with Crippen LogP contribution in [0.15, 0.2) is 0 Å². The number of hydrogen-bond donors (Lipinski definition) is 1. The van der Waals surface area contributed by atoms with Crippen molar-refractivity contribution < 1.29 is 8.42 Å². The normalized spacial score (nSPS) is 24.3. The zero-order chi connectivity index (χ0) is 9.19. The summed E-state index contributed by atoms with van der Waals surface area (Å²) in [5.74, 6) is 0.0807. The van der Waals surface area contributed by atoms with Crippen LogP contribution in [0.2, 0.25) is 0 Å². The highest BCUT2D eigenvalue weighted by Crippen LogP contribution is 2.15. The van der Waals surface area contributed by atoms with Crippen LogP contribution in [-0.4, -0.2) is 38.2 Å². The molecule has 1 unspecified atom stereocenters. The van der Waals surface area contributed by atoms with Gasteiger partial charge in [0.25, 0.3) is 0 Å². The molecular formula is C7H17ClN2O2S. The standard InChI is InChI=1S/C7H16N2O2S.ClH/c1-7-3-2-4-9(7)5-6-12(8,10)11;/h7H,2-6H2,1H3,(H2,8,10,11);1H. The number of nitrogens with two attached hydrogens (primary N) is 1. The highest BCUT2D eigenvalue weighted by atomic mass is 35.5. The number of primary sulfonamides is 1. The molecule has 0 aliphatic carbocycles. The predicted octanol–water partition coefficient (Wildman–Crippen LogP) is 0.181. The summed E-state index contributed by atoms with van der Waals surface area (Å²) in [4.78, 5) is 2.17. The van der Waals surface area contributed by atoms with Crippen LogP contribution in [0.25, 0.3) is 0 Å². The van der Waals surface area contributed by atoms with Gasteiger partial charge in [-0.1, -0.05) is 0 Å². The Morgan fingerprint density at radius 1 is 1.54 bits per heavy atom. The Bertz CT molecular complexity index is 243. The van der Waals surface area contributed by atoms with Crippen molar-refractivity contribution in [3.8, 4) is 0 Å². The molecule has 13 heavy (non-hydrogen) atoms. The summed E-state index contributed by atoms with van der Waals surface area (Å²) >= 11 is 0. The summed E-state index contributed by atoms with van der Waals surface area (Å²) < 4.78 is 21.3. The molecule has 0 aromatic carbocycles. The van der Waals surface area contributed by atoms with Crippen molar-refractivity contribution in [3.63, 3.8) is 0 Å². The van der Waals surface area contributed by atoms with Crippen LogP contribution in [0.4, 0.5) is 0 Å². The largest absolute Gasteiger partial charge is 0.300 e. The first-order valence-corrected chi connectivity index (χ1v) is 5.95. The van der Waals surface area contributed by atoms with E-state index in [0.717, 1.165) is 6.54 Å². The molecule has 0 amide bonds. The van der Waals surface area contributed by atoms with E-state index in [-0.39, 0.29) is 18.2 Å². The molecule has 0 bridgehead atoms. The second-order valence-electron chi connectivity index (χ2n) is 3.39. The molecule has 0 aromatic rings. The average Bonchev–Trinajstić information content (AvgIpc) is 2.29. The fourth-order valence-corrected chi connectivity index (χ4v) is 2.06. The Morgan fingerprint density at radius 2 is 2.15 bits per heavy atom. The smallest absolute Gasteiger partial charge is 0.210 e. The minimum atomic E-state index is -3.28. The zero-order valence-corrected chi connectivity index (χ0v) is 9.40. The van der Waals surface area contributed by atoms with Gasteiger partial charge in [-0.05, 0) is 26.3 Å². The van der Waals surface area contributed by atoms with E-state index in [1.165, 1.54) is 12.8 Å². The lowest BCUT2D eigenvalue weighted by molar-refractivity contribution is 0.284. The lowest BCUT2D eigenvalue weighted by Crippen LogP contribution is -2.33. The fourth-order valence-electron chi connectivity index (χ4n) is 1.57. The van der Waals surface area contributed by atoms with E-state index in [4.69, 9.17) is 5.14 Å². The van der Waals surface area contributed by atoms with Crippen molar-refractivity contribution in [1.82, 2.24) is 4.90 Å². The maximum Gasteiger partial charge on any atom is 0.210 e.